The molecule has 2 aromatic heterocycles. The molecule has 4 N–H and O–H groups in total. The van der Waals surface area contributed by atoms with Crippen LogP contribution in [0.5, 0.6) is 0 Å². The van der Waals surface area contributed by atoms with Crippen molar-refractivity contribution < 1.29 is 13.2 Å². The number of nitrogen functional groups attached to an aromatic ring is 2. The first-order valence-electron chi connectivity index (χ1n) is 5.94. The number of para-hydroxylation sites is 1. The van der Waals surface area contributed by atoms with E-state index in [1.165, 1.54) is 35.3 Å². The van der Waals surface area contributed by atoms with E-state index in [2.05, 4.69) is 10.1 Å². The molecule has 0 aliphatic rings. The average molecular weight is 293 g/mol. The van der Waals surface area contributed by atoms with Gasteiger partial charge in [0.2, 0.25) is 0 Å². The molecule has 3 aromatic rings. The fourth-order valence-electron chi connectivity index (χ4n) is 2.14. The van der Waals surface area contributed by atoms with Crippen molar-refractivity contribution >= 4 is 22.4 Å². The molecule has 3 rings (SSSR count). The topological polar surface area (TPSA) is 82.8 Å². The first-order valence-corrected chi connectivity index (χ1v) is 5.94. The van der Waals surface area contributed by atoms with E-state index in [4.69, 9.17) is 11.5 Å². The fourth-order valence-corrected chi connectivity index (χ4v) is 2.14. The Kier molecular flexibility index (Phi) is 2.75. The number of nitrogens with two attached hydrogens (primary N) is 2. The molecular weight excluding hydrogens is 283 g/mol. The predicted molar refractivity (Wildman–Crippen MR) is 72.7 cm³/mol. The molecule has 8 heteroatoms. The number of hydrogen-bond donors (Lipinski definition) is 2. The maximum Gasteiger partial charge on any atom is 0.418 e. The minimum atomic E-state index is -4.49. The second-order valence-electron chi connectivity index (χ2n) is 4.43. The molecule has 0 aliphatic heterocycles. The summed E-state index contributed by atoms with van der Waals surface area (Å²) < 4.78 is 40.4. The fraction of sp³-hybridized carbons (Fsp3) is 0.0769. The number of rotatable bonds is 1. The van der Waals surface area contributed by atoms with Gasteiger partial charge in [-0.15, -0.1) is 0 Å². The molecule has 0 unspecified atom stereocenters. The summed E-state index contributed by atoms with van der Waals surface area (Å²) in [6.45, 7) is 0. The van der Waals surface area contributed by atoms with E-state index in [1.807, 2.05) is 0 Å². The quantitative estimate of drug-likeness (QED) is 0.722. The van der Waals surface area contributed by atoms with Crippen molar-refractivity contribution in [1.29, 1.82) is 0 Å². The summed E-state index contributed by atoms with van der Waals surface area (Å²) in [4.78, 5) is 3.84. The van der Waals surface area contributed by atoms with Gasteiger partial charge in [-0.05, 0) is 12.1 Å². The van der Waals surface area contributed by atoms with Gasteiger partial charge in [0, 0.05) is 11.6 Å². The van der Waals surface area contributed by atoms with Crippen LogP contribution >= 0.6 is 0 Å². The summed E-state index contributed by atoms with van der Waals surface area (Å²) in [7, 11) is 0. The lowest BCUT2D eigenvalue weighted by Gasteiger charge is -2.12. The summed E-state index contributed by atoms with van der Waals surface area (Å²) >= 11 is 0. The number of benzene rings is 1. The first-order chi connectivity index (χ1) is 9.89. The zero-order chi connectivity index (χ0) is 15.2. The lowest BCUT2D eigenvalue weighted by Crippen LogP contribution is -2.08. The Morgan fingerprint density at radius 1 is 1.10 bits per heavy atom. The molecule has 2 heterocycles. The Balaban J connectivity index is 2.34. The maximum atomic E-state index is 13.0. The molecule has 1 aromatic carbocycles. The smallest absolute Gasteiger partial charge is 0.394 e. The Morgan fingerprint density at radius 2 is 1.86 bits per heavy atom. The summed E-state index contributed by atoms with van der Waals surface area (Å²) in [5, 5.41) is 4.28. The van der Waals surface area contributed by atoms with Gasteiger partial charge in [-0.2, -0.15) is 18.3 Å². The van der Waals surface area contributed by atoms with Crippen molar-refractivity contribution in [3.63, 3.8) is 0 Å². The number of nitrogens with zero attached hydrogens (tertiary/aromatic N) is 3. The minimum Gasteiger partial charge on any atom is -0.394 e. The third kappa shape index (κ3) is 2.04. The van der Waals surface area contributed by atoms with Crippen LogP contribution in [-0.2, 0) is 6.18 Å². The molecule has 0 fully saturated rings. The van der Waals surface area contributed by atoms with Crippen molar-refractivity contribution in [2.24, 2.45) is 0 Å². The Morgan fingerprint density at radius 3 is 2.48 bits per heavy atom. The number of anilines is 2. The highest BCUT2D eigenvalue weighted by Crippen LogP contribution is 2.35. The van der Waals surface area contributed by atoms with Crippen molar-refractivity contribution in [1.82, 2.24) is 14.8 Å². The van der Waals surface area contributed by atoms with E-state index in [0.717, 1.165) is 6.07 Å². The standard InChI is InChI=1S/C13H10F3N5/c14-13(15,16)8-3-1-2-7-10(4-5-19-11(7)8)21-12(18)9(17)6-20-21/h1-6H,17-18H2. The van der Waals surface area contributed by atoms with Crippen LogP contribution in [0.4, 0.5) is 24.7 Å². The van der Waals surface area contributed by atoms with E-state index in [-0.39, 0.29) is 17.0 Å². The molecule has 21 heavy (non-hydrogen) atoms. The third-order valence-corrected chi connectivity index (χ3v) is 3.12. The SMILES string of the molecule is Nc1cnn(-c2ccnc3c(C(F)(F)F)cccc23)c1N. The number of aromatic nitrogens is 3. The molecular formula is C13H10F3N5. The van der Waals surface area contributed by atoms with Crippen LogP contribution in [0.15, 0.2) is 36.7 Å². The van der Waals surface area contributed by atoms with E-state index in [9.17, 15) is 13.2 Å². The van der Waals surface area contributed by atoms with Crippen LogP contribution < -0.4 is 11.5 Å². The van der Waals surface area contributed by atoms with Crippen molar-refractivity contribution in [3.05, 3.63) is 42.2 Å². The second kappa shape index (κ2) is 4.37. The lowest BCUT2D eigenvalue weighted by atomic mass is 10.1. The van der Waals surface area contributed by atoms with Crippen molar-refractivity contribution in [2.75, 3.05) is 11.5 Å². The molecule has 5 nitrogen and oxygen atoms in total. The highest BCUT2D eigenvalue weighted by atomic mass is 19.4. The molecule has 108 valence electrons. The molecule has 0 aliphatic carbocycles. The normalized spacial score (nSPS) is 12.0. The molecule has 0 amide bonds. The Bertz CT molecular complexity index is 822. The molecule has 0 saturated carbocycles. The van der Waals surface area contributed by atoms with Gasteiger partial charge in [-0.25, -0.2) is 4.68 Å². The van der Waals surface area contributed by atoms with E-state index >= 15 is 0 Å². The van der Waals surface area contributed by atoms with Crippen LogP contribution in [0, 0.1) is 0 Å². The largest absolute Gasteiger partial charge is 0.418 e. The van der Waals surface area contributed by atoms with Gasteiger partial charge in [0.1, 0.15) is 0 Å². The number of fused-ring (bicyclic) bond motifs is 1. The zero-order valence-electron chi connectivity index (χ0n) is 10.6. The van der Waals surface area contributed by atoms with E-state index in [1.54, 1.807) is 0 Å². The van der Waals surface area contributed by atoms with Crippen LogP contribution in [0.25, 0.3) is 16.6 Å². The maximum absolute atomic E-state index is 13.0. The van der Waals surface area contributed by atoms with Gasteiger partial charge in [0.25, 0.3) is 0 Å². The van der Waals surface area contributed by atoms with Crippen molar-refractivity contribution in [3.8, 4) is 5.69 Å². The average Bonchev–Trinajstić information content (AvgIpc) is 2.77. The van der Waals surface area contributed by atoms with Crippen molar-refractivity contribution in [2.45, 2.75) is 6.18 Å². The van der Waals surface area contributed by atoms with E-state index < -0.39 is 11.7 Å². The van der Waals surface area contributed by atoms with Crippen LogP contribution in [-0.4, -0.2) is 14.8 Å². The van der Waals surface area contributed by atoms with Gasteiger partial charge in [-0.1, -0.05) is 12.1 Å². The summed E-state index contributed by atoms with van der Waals surface area (Å²) in [6, 6.07) is 5.37. The monoisotopic (exact) mass is 293 g/mol. The predicted octanol–water partition coefficient (Wildman–Crippen LogP) is 2.60. The summed E-state index contributed by atoms with van der Waals surface area (Å²) in [5.74, 6) is 0.167. The zero-order valence-corrected chi connectivity index (χ0v) is 10.6. The van der Waals surface area contributed by atoms with Crippen LogP contribution in [0.2, 0.25) is 0 Å². The highest BCUT2D eigenvalue weighted by molar-refractivity contribution is 5.90. The van der Waals surface area contributed by atoms with Gasteiger partial charge in [0.05, 0.1) is 28.7 Å². The van der Waals surface area contributed by atoms with Gasteiger partial charge in [-0.3, -0.25) is 4.98 Å². The van der Waals surface area contributed by atoms with Crippen LogP contribution in [0.1, 0.15) is 5.56 Å². The number of alkyl halides is 3. The number of hydrogen-bond acceptors (Lipinski definition) is 4. The number of pyridine rings is 1. The molecule has 0 spiro atoms. The molecule has 0 bridgehead atoms. The van der Waals surface area contributed by atoms with Crippen LogP contribution in [0.3, 0.4) is 0 Å². The third-order valence-electron chi connectivity index (χ3n) is 3.12. The highest BCUT2D eigenvalue weighted by Gasteiger charge is 2.33. The molecule has 0 saturated heterocycles. The Labute approximate surface area is 117 Å². The molecule has 0 atom stereocenters. The minimum absolute atomic E-state index is 0.157. The van der Waals surface area contributed by atoms with Gasteiger partial charge in [0.15, 0.2) is 5.82 Å². The summed E-state index contributed by atoms with van der Waals surface area (Å²) in [6.07, 6.45) is -1.86. The van der Waals surface area contributed by atoms with Gasteiger partial charge >= 0.3 is 6.18 Å². The molecule has 0 radical (unpaired) electrons. The Hall–Kier alpha value is -2.77. The first kappa shape index (κ1) is 13.2. The number of halogens is 3. The van der Waals surface area contributed by atoms with E-state index in [0.29, 0.717) is 11.1 Å². The lowest BCUT2D eigenvalue weighted by molar-refractivity contribution is -0.136. The summed E-state index contributed by atoms with van der Waals surface area (Å²) in [5.41, 5.74) is 11.1. The second-order valence-corrected chi connectivity index (χ2v) is 4.43. The van der Waals surface area contributed by atoms with Gasteiger partial charge < -0.3 is 11.5 Å².